The van der Waals surface area contributed by atoms with Crippen molar-refractivity contribution in [3.63, 3.8) is 0 Å². The lowest BCUT2D eigenvalue weighted by molar-refractivity contribution is -0.116. The number of para-hydroxylation sites is 1. The molecule has 0 saturated carbocycles. The first-order valence-corrected chi connectivity index (χ1v) is 10.2. The first kappa shape index (κ1) is 19.8. The molecule has 0 aliphatic carbocycles. The van der Waals surface area contributed by atoms with Gasteiger partial charge in [-0.3, -0.25) is 9.10 Å². The fraction of sp³-hybridized carbons (Fsp3) is 0.316. The molecule has 140 valence electrons. The normalized spacial score (nSPS) is 11.2. The Bertz CT molecular complexity index is 818. The number of hydrogen-bond acceptors (Lipinski definition) is 4. The van der Waals surface area contributed by atoms with Crippen molar-refractivity contribution in [2.24, 2.45) is 0 Å². The summed E-state index contributed by atoms with van der Waals surface area (Å²) in [6.45, 7) is 3.95. The van der Waals surface area contributed by atoms with Crippen LogP contribution in [0.25, 0.3) is 0 Å². The largest absolute Gasteiger partial charge is 0.491 e. The lowest BCUT2D eigenvalue weighted by Gasteiger charge is -2.22. The van der Waals surface area contributed by atoms with Crippen molar-refractivity contribution in [3.05, 3.63) is 54.6 Å². The molecule has 26 heavy (non-hydrogen) atoms. The van der Waals surface area contributed by atoms with Crippen molar-refractivity contribution in [1.82, 2.24) is 0 Å². The number of hydrogen-bond donors (Lipinski definition) is 1. The molecule has 2 aromatic carbocycles. The van der Waals surface area contributed by atoms with E-state index in [2.05, 4.69) is 5.32 Å². The third kappa shape index (κ3) is 6.07. The maximum atomic E-state index is 12.2. The summed E-state index contributed by atoms with van der Waals surface area (Å²) >= 11 is 0. The summed E-state index contributed by atoms with van der Waals surface area (Å²) in [7, 11) is -3.47. The van der Waals surface area contributed by atoms with Gasteiger partial charge in [-0.2, -0.15) is 0 Å². The van der Waals surface area contributed by atoms with E-state index in [1.165, 1.54) is 4.31 Å². The number of carbonyl (C=O) groups excluding carboxylic acids is 1. The van der Waals surface area contributed by atoms with Gasteiger partial charge in [-0.1, -0.05) is 18.2 Å². The van der Waals surface area contributed by atoms with E-state index in [9.17, 15) is 13.2 Å². The van der Waals surface area contributed by atoms with E-state index in [1.807, 2.05) is 19.9 Å². The van der Waals surface area contributed by atoms with E-state index in [-0.39, 0.29) is 25.0 Å². The molecule has 7 heteroatoms. The zero-order chi connectivity index (χ0) is 19.2. The molecule has 0 aliphatic rings. The van der Waals surface area contributed by atoms with E-state index >= 15 is 0 Å². The van der Waals surface area contributed by atoms with Crippen LogP contribution in [0.2, 0.25) is 0 Å². The number of benzene rings is 2. The molecule has 0 heterocycles. The SMILES string of the molecule is CC(C)Oc1ccc(NC(=O)CCN(c2ccccc2)S(C)(=O)=O)cc1. The number of nitrogens with zero attached hydrogens (tertiary/aromatic N) is 1. The monoisotopic (exact) mass is 376 g/mol. The minimum atomic E-state index is -3.47. The van der Waals surface area contributed by atoms with E-state index in [4.69, 9.17) is 4.74 Å². The summed E-state index contributed by atoms with van der Waals surface area (Å²) in [5.41, 5.74) is 1.18. The highest BCUT2D eigenvalue weighted by Crippen LogP contribution is 2.19. The van der Waals surface area contributed by atoms with Gasteiger partial charge in [-0.25, -0.2) is 8.42 Å². The zero-order valence-electron chi connectivity index (χ0n) is 15.2. The van der Waals surface area contributed by atoms with Gasteiger partial charge in [-0.05, 0) is 50.2 Å². The minimum absolute atomic E-state index is 0.0478. The molecule has 1 amide bonds. The third-order valence-corrected chi connectivity index (χ3v) is 4.69. The second kappa shape index (κ2) is 8.71. The molecule has 0 fully saturated rings. The van der Waals surface area contributed by atoms with Crippen molar-refractivity contribution < 1.29 is 17.9 Å². The Hall–Kier alpha value is -2.54. The Kier molecular flexibility index (Phi) is 6.63. The molecule has 0 unspecified atom stereocenters. The number of nitrogens with one attached hydrogen (secondary N) is 1. The fourth-order valence-corrected chi connectivity index (χ4v) is 3.32. The van der Waals surface area contributed by atoms with Crippen LogP contribution < -0.4 is 14.4 Å². The summed E-state index contributed by atoms with van der Waals surface area (Å²) < 4.78 is 30.8. The molecule has 0 spiro atoms. The number of sulfonamides is 1. The van der Waals surface area contributed by atoms with Gasteiger partial charge in [0.05, 0.1) is 18.0 Å². The lowest BCUT2D eigenvalue weighted by Crippen LogP contribution is -2.33. The average Bonchev–Trinajstić information content (AvgIpc) is 2.56. The predicted molar refractivity (Wildman–Crippen MR) is 104 cm³/mol. The predicted octanol–water partition coefficient (Wildman–Crippen LogP) is 3.27. The van der Waals surface area contributed by atoms with Crippen LogP contribution in [0.3, 0.4) is 0 Å². The summed E-state index contributed by atoms with van der Waals surface area (Å²) in [6, 6.07) is 15.8. The van der Waals surface area contributed by atoms with Gasteiger partial charge in [0.25, 0.3) is 0 Å². The van der Waals surface area contributed by atoms with Crippen LogP contribution in [0.1, 0.15) is 20.3 Å². The molecule has 6 nitrogen and oxygen atoms in total. The fourth-order valence-electron chi connectivity index (χ4n) is 2.40. The summed E-state index contributed by atoms with van der Waals surface area (Å²) in [4.78, 5) is 12.2. The molecule has 0 aliphatic heterocycles. The second-order valence-corrected chi connectivity index (χ2v) is 8.07. The smallest absolute Gasteiger partial charge is 0.232 e. The van der Waals surface area contributed by atoms with E-state index < -0.39 is 10.0 Å². The van der Waals surface area contributed by atoms with Gasteiger partial charge in [-0.15, -0.1) is 0 Å². The Morgan fingerprint density at radius 3 is 2.23 bits per heavy atom. The first-order valence-electron chi connectivity index (χ1n) is 8.35. The molecule has 0 atom stereocenters. The molecule has 0 bridgehead atoms. The molecule has 2 aromatic rings. The lowest BCUT2D eigenvalue weighted by atomic mass is 10.2. The Labute approximate surface area is 154 Å². The van der Waals surface area contributed by atoms with Crippen molar-refractivity contribution in [2.75, 3.05) is 22.4 Å². The highest BCUT2D eigenvalue weighted by atomic mass is 32.2. The zero-order valence-corrected chi connectivity index (χ0v) is 16.0. The number of anilines is 2. The summed E-state index contributed by atoms with van der Waals surface area (Å²) in [5, 5.41) is 2.76. The molecular formula is C19H24N2O4S. The van der Waals surface area contributed by atoms with Crippen molar-refractivity contribution in [3.8, 4) is 5.75 Å². The van der Waals surface area contributed by atoms with Crippen LogP contribution in [0.5, 0.6) is 5.75 Å². The third-order valence-electron chi connectivity index (χ3n) is 3.50. The standard InChI is InChI=1S/C19H24N2O4S/c1-15(2)25-18-11-9-16(10-12-18)20-19(22)13-14-21(26(3,23)24)17-7-5-4-6-8-17/h4-12,15H,13-14H2,1-3H3,(H,20,22). The highest BCUT2D eigenvalue weighted by Gasteiger charge is 2.18. The van der Waals surface area contributed by atoms with E-state index in [1.54, 1.807) is 48.5 Å². The number of rotatable bonds is 8. The van der Waals surface area contributed by atoms with Gasteiger partial charge < -0.3 is 10.1 Å². The molecule has 1 N–H and O–H groups in total. The van der Waals surface area contributed by atoms with Crippen LogP contribution in [0, 0.1) is 0 Å². The Balaban J connectivity index is 1.96. The first-order chi connectivity index (χ1) is 12.3. The summed E-state index contributed by atoms with van der Waals surface area (Å²) in [5.74, 6) is 0.470. The van der Waals surface area contributed by atoms with Gasteiger partial charge in [0.2, 0.25) is 15.9 Å². The summed E-state index contributed by atoms with van der Waals surface area (Å²) in [6.07, 6.45) is 1.26. The molecule has 0 saturated heterocycles. The maximum absolute atomic E-state index is 12.2. The Morgan fingerprint density at radius 2 is 1.69 bits per heavy atom. The van der Waals surface area contributed by atoms with Crippen molar-refractivity contribution in [2.45, 2.75) is 26.4 Å². The quantitative estimate of drug-likeness (QED) is 0.767. The van der Waals surface area contributed by atoms with Crippen LogP contribution >= 0.6 is 0 Å². The van der Waals surface area contributed by atoms with Crippen LogP contribution in [0.15, 0.2) is 54.6 Å². The van der Waals surface area contributed by atoms with Crippen LogP contribution in [0.4, 0.5) is 11.4 Å². The minimum Gasteiger partial charge on any atom is -0.491 e. The van der Waals surface area contributed by atoms with Gasteiger partial charge in [0, 0.05) is 18.7 Å². The number of amides is 1. The van der Waals surface area contributed by atoms with Crippen LogP contribution in [-0.2, 0) is 14.8 Å². The van der Waals surface area contributed by atoms with E-state index in [0.29, 0.717) is 11.4 Å². The van der Waals surface area contributed by atoms with Gasteiger partial charge in [0.1, 0.15) is 5.75 Å². The Morgan fingerprint density at radius 1 is 1.08 bits per heavy atom. The number of ether oxygens (including phenoxy) is 1. The highest BCUT2D eigenvalue weighted by molar-refractivity contribution is 7.92. The second-order valence-electron chi connectivity index (χ2n) is 6.16. The molecular weight excluding hydrogens is 352 g/mol. The average molecular weight is 376 g/mol. The number of carbonyl (C=O) groups is 1. The van der Waals surface area contributed by atoms with Gasteiger partial charge in [0.15, 0.2) is 0 Å². The molecule has 0 aromatic heterocycles. The van der Waals surface area contributed by atoms with Gasteiger partial charge >= 0.3 is 0 Å². The van der Waals surface area contributed by atoms with Crippen molar-refractivity contribution in [1.29, 1.82) is 0 Å². The topological polar surface area (TPSA) is 75.7 Å². The van der Waals surface area contributed by atoms with Crippen molar-refractivity contribution >= 4 is 27.3 Å². The van der Waals surface area contributed by atoms with E-state index in [0.717, 1.165) is 12.0 Å². The van der Waals surface area contributed by atoms with Crippen LogP contribution in [-0.4, -0.2) is 33.2 Å². The molecule has 2 rings (SSSR count). The maximum Gasteiger partial charge on any atom is 0.232 e. The molecule has 0 radical (unpaired) electrons.